The van der Waals surface area contributed by atoms with Crippen molar-refractivity contribution >= 4 is 37.8 Å². The molecular weight excluding hydrogens is 314 g/mol. The maximum Gasteiger partial charge on any atom is 0.231 e. The van der Waals surface area contributed by atoms with E-state index >= 15 is 0 Å². The predicted octanol–water partition coefficient (Wildman–Crippen LogP) is 1.95. The van der Waals surface area contributed by atoms with E-state index in [-0.39, 0.29) is 5.75 Å². The second-order valence-corrected chi connectivity index (χ2v) is 4.78. The van der Waals surface area contributed by atoms with E-state index in [9.17, 15) is 9.90 Å². The Morgan fingerprint density at radius 3 is 2.79 bits per heavy atom. The number of phenolic OH excluding ortho intramolecular Hbond substituents is 1. The second kappa shape index (κ2) is 4.79. The Balaban J connectivity index is 2.87. The number of primary amides is 1. The smallest absolute Gasteiger partial charge is 0.231 e. The number of carbonyl (C=O) groups excluding carboxylic acids is 1. The molecule has 0 fully saturated rings. The van der Waals surface area contributed by atoms with Crippen LogP contribution in [0.3, 0.4) is 0 Å². The normalized spacial score (nSPS) is 12.4. The largest absolute Gasteiger partial charge is 0.506 e. The minimum Gasteiger partial charge on any atom is -0.506 e. The van der Waals surface area contributed by atoms with Crippen LogP contribution in [0.5, 0.6) is 5.75 Å². The number of aromatic hydroxyl groups is 1. The van der Waals surface area contributed by atoms with Gasteiger partial charge in [0.25, 0.3) is 0 Å². The van der Waals surface area contributed by atoms with E-state index in [1.54, 1.807) is 18.2 Å². The van der Waals surface area contributed by atoms with E-state index < -0.39 is 10.7 Å². The van der Waals surface area contributed by atoms with Gasteiger partial charge in [0.1, 0.15) is 5.75 Å². The first kappa shape index (κ1) is 11.5. The lowest BCUT2D eigenvalue weighted by atomic mass is 10.1. The molecule has 0 aliphatic rings. The highest BCUT2D eigenvalue weighted by atomic mass is 79.9. The van der Waals surface area contributed by atoms with Gasteiger partial charge in [0.05, 0.1) is 9.30 Å². The first-order valence-corrected chi connectivity index (χ1v) is 5.63. The van der Waals surface area contributed by atoms with Crippen molar-refractivity contribution in [2.45, 2.75) is 11.2 Å². The minimum atomic E-state index is -0.456. The fourth-order valence-corrected chi connectivity index (χ4v) is 1.77. The monoisotopic (exact) mass is 321 g/mol. The van der Waals surface area contributed by atoms with Crippen molar-refractivity contribution in [2.24, 2.45) is 5.73 Å². The fourth-order valence-electron chi connectivity index (χ4n) is 1.02. The number of hydrogen-bond donors (Lipinski definition) is 2. The average Bonchev–Trinajstić information content (AvgIpc) is 2.12. The lowest BCUT2D eigenvalue weighted by molar-refractivity contribution is -0.117. The van der Waals surface area contributed by atoms with Gasteiger partial charge in [-0.3, -0.25) is 4.79 Å². The first-order valence-electron chi connectivity index (χ1n) is 3.92. The summed E-state index contributed by atoms with van der Waals surface area (Å²) in [4.78, 5) is 10.3. The summed E-state index contributed by atoms with van der Waals surface area (Å²) >= 11 is 6.33. The van der Waals surface area contributed by atoms with Gasteiger partial charge in [-0.15, -0.1) is 0 Å². The molecule has 0 spiro atoms. The summed E-state index contributed by atoms with van der Waals surface area (Å²) in [6.07, 6.45) is 0.376. The van der Waals surface area contributed by atoms with Gasteiger partial charge in [0.2, 0.25) is 5.91 Å². The number of amides is 1. The third kappa shape index (κ3) is 2.72. The third-order valence-corrected chi connectivity index (χ3v) is 3.19. The van der Waals surface area contributed by atoms with Crippen LogP contribution in [-0.2, 0) is 11.2 Å². The van der Waals surface area contributed by atoms with Crippen LogP contribution in [0.4, 0.5) is 0 Å². The van der Waals surface area contributed by atoms with Crippen molar-refractivity contribution in [2.75, 3.05) is 0 Å². The van der Waals surface area contributed by atoms with Crippen LogP contribution in [0, 0.1) is 0 Å². The summed E-state index contributed by atoms with van der Waals surface area (Å²) < 4.78 is 0.610. The van der Waals surface area contributed by atoms with Gasteiger partial charge in [-0.25, -0.2) is 0 Å². The molecule has 0 saturated carbocycles. The Kier molecular flexibility index (Phi) is 3.95. The fraction of sp³-hybridized carbons (Fsp3) is 0.222. The molecule has 0 radical (unpaired) electrons. The number of rotatable bonds is 3. The third-order valence-electron chi connectivity index (χ3n) is 1.78. The number of alkyl halides is 1. The number of para-hydroxylation sites is 1. The van der Waals surface area contributed by atoms with E-state index in [4.69, 9.17) is 5.73 Å². The predicted molar refractivity (Wildman–Crippen MR) is 61.4 cm³/mol. The molecule has 1 rings (SSSR count). The molecule has 0 aliphatic carbocycles. The molecule has 1 atom stereocenters. The molecule has 0 bridgehead atoms. The number of hydrogen-bond acceptors (Lipinski definition) is 2. The molecule has 3 N–H and O–H groups in total. The number of halogens is 2. The van der Waals surface area contributed by atoms with Gasteiger partial charge in [0.15, 0.2) is 0 Å². The number of carbonyl (C=O) groups is 1. The number of phenols is 1. The van der Waals surface area contributed by atoms with Crippen LogP contribution in [0.25, 0.3) is 0 Å². The summed E-state index contributed by atoms with van der Waals surface area (Å²) in [5.74, 6) is -0.289. The maximum atomic E-state index is 10.8. The summed E-state index contributed by atoms with van der Waals surface area (Å²) in [5, 5.41) is 9.61. The second-order valence-electron chi connectivity index (χ2n) is 2.82. The van der Waals surface area contributed by atoms with Crippen molar-refractivity contribution in [3.63, 3.8) is 0 Å². The summed E-state index contributed by atoms with van der Waals surface area (Å²) in [5.41, 5.74) is 5.77. The van der Waals surface area contributed by atoms with Crippen molar-refractivity contribution in [3.05, 3.63) is 28.2 Å². The Hall–Kier alpha value is -0.550. The van der Waals surface area contributed by atoms with Crippen LogP contribution in [0.1, 0.15) is 5.56 Å². The van der Waals surface area contributed by atoms with E-state index in [1.165, 1.54) is 0 Å². The van der Waals surface area contributed by atoms with Gasteiger partial charge < -0.3 is 10.8 Å². The average molecular weight is 323 g/mol. The van der Waals surface area contributed by atoms with Crippen LogP contribution in [0.2, 0.25) is 0 Å². The highest BCUT2D eigenvalue weighted by Crippen LogP contribution is 2.29. The van der Waals surface area contributed by atoms with E-state index in [2.05, 4.69) is 31.9 Å². The van der Waals surface area contributed by atoms with Crippen LogP contribution in [0.15, 0.2) is 22.7 Å². The van der Waals surface area contributed by atoms with Crippen molar-refractivity contribution in [1.82, 2.24) is 0 Å². The number of nitrogens with two attached hydrogens (primary N) is 1. The molecule has 0 heterocycles. The summed E-state index contributed by atoms with van der Waals surface area (Å²) in [6.45, 7) is 0. The molecular formula is C9H9Br2NO2. The van der Waals surface area contributed by atoms with Crippen molar-refractivity contribution in [1.29, 1.82) is 0 Å². The van der Waals surface area contributed by atoms with Gasteiger partial charge in [-0.05, 0) is 34.0 Å². The minimum absolute atomic E-state index is 0.151. The Morgan fingerprint density at radius 1 is 1.57 bits per heavy atom. The standard InChI is InChI=1S/C9H9Br2NO2/c10-6-3-1-2-5(8(6)13)4-7(11)9(12)14/h1-3,7,13H,4H2,(H2,12,14). The van der Waals surface area contributed by atoms with Crippen LogP contribution < -0.4 is 5.73 Å². The molecule has 0 aromatic heterocycles. The zero-order chi connectivity index (χ0) is 10.7. The van der Waals surface area contributed by atoms with E-state index in [0.29, 0.717) is 16.5 Å². The topological polar surface area (TPSA) is 63.3 Å². The van der Waals surface area contributed by atoms with Crippen LogP contribution >= 0.6 is 31.9 Å². The molecule has 14 heavy (non-hydrogen) atoms. The van der Waals surface area contributed by atoms with Crippen molar-refractivity contribution < 1.29 is 9.90 Å². The van der Waals surface area contributed by atoms with Gasteiger partial charge >= 0.3 is 0 Å². The highest BCUT2D eigenvalue weighted by Gasteiger charge is 2.14. The SMILES string of the molecule is NC(=O)C(Br)Cc1cccc(Br)c1O. The number of benzene rings is 1. The van der Waals surface area contributed by atoms with Gasteiger partial charge in [-0.1, -0.05) is 28.1 Å². The lowest BCUT2D eigenvalue weighted by Gasteiger charge is -2.08. The molecule has 76 valence electrons. The summed E-state index contributed by atoms with van der Waals surface area (Å²) in [7, 11) is 0. The van der Waals surface area contributed by atoms with E-state index in [1.807, 2.05) is 0 Å². The first-order chi connectivity index (χ1) is 6.52. The molecule has 0 saturated heterocycles. The molecule has 0 aliphatic heterocycles. The Morgan fingerprint density at radius 2 is 2.21 bits per heavy atom. The molecule has 1 amide bonds. The molecule has 1 aromatic rings. The maximum absolute atomic E-state index is 10.8. The highest BCUT2D eigenvalue weighted by molar-refractivity contribution is 9.10. The zero-order valence-corrected chi connectivity index (χ0v) is 10.4. The quantitative estimate of drug-likeness (QED) is 0.835. The van der Waals surface area contributed by atoms with Gasteiger partial charge in [0, 0.05) is 0 Å². The van der Waals surface area contributed by atoms with Crippen molar-refractivity contribution in [3.8, 4) is 5.75 Å². The van der Waals surface area contributed by atoms with Crippen LogP contribution in [-0.4, -0.2) is 15.8 Å². The Bertz CT molecular complexity index is 355. The Labute approximate surface area is 98.6 Å². The molecule has 1 unspecified atom stereocenters. The molecule has 1 aromatic carbocycles. The lowest BCUT2D eigenvalue weighted by Crippen LogP contribution is -2.24. The zero-order valence-electron chi connectivity index (χ0n) is 7.21. The summed E-state index contributed by atoms with van der Waals surface area (Å²) in [6, 6.07) is 5.27. The molecule has 3 nitrogen and oxygen atoms in total. The molecule has 5 heteroatoms. The van der Waals surface area contributed by atoms with E-state index in [0.717, 1.165) is 0 Å². The van der Waals surface area contributed by atoms with Gasteiger partial charge in [-0.2, -0.15) is 0 Å².